The number of hydrogen-bond donors (Lipinski definition) is 2. The van der Waals surface area contributed by atoms with Gasteiger partial charge in [0.1, 0.15) is 5.82 Å². The predicted molar refractivity (Wildman–Crippen MR) is 66.3 cm³/mol. The molecule has 17 heavy (non-hydrogen) atoms. The van der Waals surface area contributed by atoms with Gasteiger partial charge in [-0.1, -0.05) is 13.8 Å². The summed E-state index contributed by atoms with van der Waals surface area (Å²) < 4.78 is 26.6. The Morgan fingerprint density at radius 2 is 1.94 bits per heavy atom. The van der Waals surface area contributed by atoms with Crippen molar-refractivity contribution in [3.8, 4) is 0 Å². The van der Waals surface area contributed by atoms with Crippen LogP contribution in [0.2, 0.25) is 0 Å². The van der Waals surface area contributed by atoms with Crippen LogP contribution in [0.3, 0.4) is 0 Å². The van der Waals surface area contributed by atoms with E-state index in [-0.39, 0.29) is 0 Å². The van der Waals surface area contributed by atoms with Crippen molar-refractivity contribution >= 4 is 11.4 Å². The van der Waals surface area contributed by atoms with E-state index >= 15 is 0 Å². The summed E-state index contributed by atoms with van der Waals surface area (Å²) in [5.74, 6) is -0.0354. The van der Waals surface area contributed by atoms with Crippen LogP contribution in [0.25, 0.3) is 0 Å². The molecule has 0 amide bonds. The first-order valence-electron chi connectivity index (χ1n) is 6.03. The van der Waals surface area contributed by atoms with Crippen LogP contribution in [-0.4, -0.2) is 13.1 Å². The number of benzene rings is 1. The molecule has 94 valence electrons. The summed E-state index contributed by atoms with van der Waals surface area (Å²) in [6.07, 6.45) is 1.07. The molecule has 1 aliphatic rings. The van der Waals surface area contributed by atoms with Crippen molar-refractivity contribution in [2.24, 2.45) is 11.8 Å². The summed E-state index contributed by atoms with van der Waals surface area (Å²) in [5.41, 5.74) is 0.909. The van der Waals surface area contributed by atoms with E-state index < -0.39 is 11.6 Å². The third-order valence-electron chi connectivity index (χ3n) is 3.01. The quantitative estimate of drug-likeness (QED) is 0.827. The molecule has 0 bridgehead atoms. The fourth-order valence-corrected chi connectivity index (χ4v) is 2.30. The van der Waals surface area contributed by atoms with Crippen LogP contribution in [0.4, 0.5) is 20.2 Å². The van der Waals surface area contributed by atoms with Crippen LogP contribution in [-0.2, 0) is 0 Å². The number of hydrogen-bond acceptors (Lipinski definition) is 2. The first-order valence-corrected chi connectivity index (χ1v) is 6.03. The number of rotatable bonds is 2. The molecule has 1 aromatic carbocycles. The third-order valence-corrected chi connectivity index (χ3v) is 3.01. The fraction of sp³-hybridized carbons (Fsp3) is 0.538. The van der Waals surface area contributed by atoms with Gasteiger partial charge in [-0.15, -0.1) is 0 Å². The van der Waals surface area contributed by atoms with Gasteiger partial charge < -0.3 is 10.6 Å². The molecule has 1 aliphatic heterocycles. The van der Waals surface area contributed by atoms with Crippen LogP contribution in [0.15, 0.2) is 12.1 Å². The lowest BCUT2D eigenvalue weighted by atomic mass is 9.97. The van der Waals surface area contributed by atoms with Crippen LogP contribution < -0.4 is 10.6 Å². The normalized spacial score (nSPS) is 19.2. The minimum Gasteiger partial charge on any atom is -0.383 e. The lowest BCUT2D eigenvalue weighted by molar-refractivity contribution is 0.443. The Labute approximate surface area is 100 Å². The van der Waals surface area contributed by atoms with Crippen molar-refractivity contribution in [2.45, 2.75) is 20.3 Å². The molecule has 0 aliphatic carbocycles. The molecule has 2 N–H and O–H groups in total. The molecular formula is C13H18F2N2. The lowest BCUT2D eigenvalue weighted by Crippen LogP contribution is -2.20. The van der Waals surface area contributed by atoms with Gasteiger partial charge in [0.05, 0.1) is 11.4 Å². The molecule has 0 aromatic heterocycles. The molecule has 1 aromatic rings. The van der Waals surface area contributed by atoms with Gasteiger partial charge in [0, 0.05) is 19.2 Å². The topological polar surface area (TPSA) is 24.1 Å². The standard InChI is InChI=1S/C13H18F2N2/c1-8(2)3-9-6-16-12-5-10(14)4-11(15)13(12)17-7-9/h4-5,8-9,16-17H,3,6-7H2,1-2H3. The Balaban J connectivity index is 2.15. The zero-order valence-corrected chi connectivity index (χ0v) is 10.2. The zero-order chi connectivity index (χ0) is 12.4. The number of halogens is 2. The van der Waals surface area contributed by atoms with Gasteiger partial charge in [0.25, 0.3) is 0 Å². The maximum atomic E-state index is 13.6. The van der Waals surface area contributed by atoms with Crippen molar-refractivity contribution in [1.29, 1.82) is 0 Å². The van der Waals surface area contributed by atoms with E-state index in [1.165, 1.54) is 6.07 Å². The molecular weight excluding hydrogens is 222 g/mol. The summed E-state index contributed by atoms with van der Waals surface area (Å²) in [4.78, 5) is 0. The van der Waals surface area contributed by atoms with Crippen LogP contribution in [0.1, 0.15) is 20.3 Å². The minimum atomic E-state index is -0.544. The second-order valence-corrected chi connectivity index (χ2v) is 5.07. The Morgan fingerprint density at radius 3 is 2.65 bits per heavy atom. The van der Waals surface area contributed by atoms with E-state index in [2.05, 4.69) is 24.5 Å². The summed E-state index contributed by atoms with van der Waals surface area (Å²) in [6, 6.07) is 2.25. The van der Waals surface area contributed by atoms with Crippen molar-refractivity contribution < 1.29 is 8.78 Å². The highest BCUT2D eigenvalue weighted by molar-refractivity contribution is 5.70. The molecule has 2 nitrogen and oxygen atoms in total. The average molecular weight is 240 g/mol. The molecule has 2 rings (SSSR count). The molecule has 4 heteroatoms. The zero-order valence-electron chi connectivity index (χ0n) is 10.2. The predicted octanol–water partition coefficient (Wildman–Crippen LogP) is 3.46. The lowest BCUT2D eigenvalue weighted by Gasteiger charge is -2.16. The van der Waals surface area contributed by atoms with Crippen LogP contribution in [0, 0.1) is 23.5 Å². The molecule has 0 saturated heterocycles. The Bertz CT molecular complexity index is 405. The molecule has 0 saturated carbocycles. The number of fused-ring (bicyclic) bond motifs is 1. The third kappa shape index (κ3) is 2.87. The number of nitrogens with one attached hydrogen (secondary N) is 2. The Morgan fingerprint density at radius 1 is 1.24 bits per heavy atom. The minimum absolute atomic E-state index is 0.387. The Kier molecular flexibility index (Phi) is 3.50. The van der Waals surface area contributed by atoms with E-state index in [1.54, 1.807) is 0 Å². The average Bonchev–Trinajstić information content (AvgIpc) is 2.40. The molecule has 1 unspecified atom stereocenters. The summed E-state index contributed by atoms with van der Waals surface area (Å²) in [5, 5.41) is 6.19. The Hall–Kier alpha value is -1.32. The van der Waals surface area contributed by atoms with Crippen molar-refractivity contribution in [1.82, 2.24) is 0 Å². The molecule has 1 heterocycles. The maximum Gasteiger partial charge on any atom is 0.151 e. The van der Waals surface area contributed by atoms with Gasteiger partial charge in [-0.3, -0.25) is 0 Å². The largest absolute Gasteiger partial charge is 0.383 e. The summed E-state index contributed by atoms with van der Waals surface area (Å²) in [7, 11) is 0. The highest BCUT2D eigenvalue weighted by atomic mass is 19.1. The highest BCUT2D eigenvalue weighted by Gasteiger charge is 2.19. The summed E-state index contributed by atoms with van der Waals surface area (Å²) in [6.45, 7) is 5.80. The molecule has 0 spiro atoms. The van der Waals surface area contributed by atoms with E-state index in [0.29, 0.717) is 23.2 Å². The fourth-order valence-electron chi connectivity index (χ4n) is 2.30. The van der Waals surface area contributed by atoms with Crippen LogP contribution in [0.5, 0.6) is 0 Å². The second-order valence-electron chi connectivity index (χ2n) is 5.07. The van der Waals surface area contributed by atoms with Crippen molar-refractivity contribution in [3.63, 3.8) is 0 Å². The SMILES string of the molecule is CC(C)CC1CNc2cc(F)cc(F)c2NC1. The van der Waals surface area contributed by atoms with Gasteiger partial charge in [0.2, 0.25) is 0 Å². The highest BCUT2D eigenvalue weighted by Crippen LogP contribution is 2.30. The van der Waals surface area contributed by atoms with Crippen molar-refractivity contribution in [2.75, 3.05) is 23.7 Å². The molecule has 0 radical (unpaired) electrons. The smallest absolute Gasteiger partial charge is 0.151 e. The summed E-state index contributed by atoms with van der Waals surface area (Å²) >= 11 is 0. The second kappa shape index (κ2) is 4.90. The van der Waals surface area contributed by atoms with Crippen LogP contribution >= 0.6 is 0 Å². The monoisotopic (exact) mass is 240 g/mol. The van der Waals surface area contributed by atoms with Gasteiger partial charge in [-0.05, 0) is 24.3 Å². The molecule has 1 atom stereocenters. The molecule has 0 fully saturated rings. The van der Waals surface area contributed by atoms with E-state index in [9.17, 15) is 8.78 Å². The van der Waals surface area contributed by atoms with Gasteiger partial charge >= 0.3 is 0 Å². The van der Waals surface area contributed by atoms with E-state index in [1.807, 2.05) is 0 Å². The van der Waals surface area contributed by atoms with Gasteiger partial charge in [-0.2, -0.15) is 0 Å². The number of anilines is 2. The van der Waals surface area contributed by atoms with Gasteiger partial charge in [0.15, 0.2) is 5.82 Å². The van der Waals surface area contributed by atoms with Crippen molar-refractivity contribution in [3.05, 3.63) is 23.8 Å². The van der Waals surface area contributed by atoms with E-state index in [4.69, 9.17) is 0 Å². The first-order chi connectivity index (χ1) is 8.06. The maximum absolute atomic E-state index is 13.6. The van der Waals surface area contributed by atoms with Gasteiger partial charge in [-0.25, -0.2) is 8.78 Å². The first kappa shape index (κ1) is 12.1. The van der Waals surface area contributed by atoms with E-state index in [0.717, 1.165) is 25.6 Å².